The van der Waals surface area contributed by atoms with Gasteiger partial charge in [-0.1, -0.05) is 89.0 Å². The minimum Gasteiger partial charge on any atom is -0.508 e. The summed E-state index contributed by atoms with van der Waals surface area (Å²) in [6.07, 6.45) is 24.5. The predicted octanol–water partition coefficient (Wildman–Crippen LogP) is 7.99. The Kier molecular flexibility index (Phi) is 16.8. The Labute approximate surface area is 174 Å². The lowest BCUT2D eigenvalue weighted by Crippen LogP contribution is -2.00. The highest BCUT2D eigenvalue weighted by atomic mass is 16.5. The molecule has 1 aromatic carbocycles. The van der Waals surface area contributed by atoms with E-state index in [9.17, 15) is 5.11 Å². The topological polar surface area (TPSA) is 29.5 Å². The monoisotopic (exact) mass is 388 g/mol. The fraction of sp³-hybridized carbons (Fsp3) is 0.692. The van der Waals surface area contributed by atoms with Crippen LogP contribution < -0.4 is 0 Å². The minimum absolute atomic E-state index is 0.328. The van der Waals surface area contributed by atoms with Gasteiger partial charge in [0.15, 0.2) is 0 Å². The summed E-state index contributed by atoms with van der Waals surface area (Å²) >= 11 is 0. The molecule has 0 saturated heterocycles. The van der Waals surface area contributed by atoms with Crippen molar-refractivity contribution in [2.45, 2.75) is 103 Å². The Morgan fingerprint density at radius 3 is 1.82 bits per heavy atom. The molecule has 0 aromatic heterocycles. The fourth-order valence-electron chi connectivity index (χ4n) is 3.41. The first-order valence-corrected chi connectivity index (χ1v) is 11.8. The maximum atomic E-state index is 9.26. The molecule has 0 unspecified atom stereocenters. The zero-order valence-corrected chi connectivity index (χ0v) is 18.3. The molecule has 1 rings (SSSR count). The van der Waals surface area contributed by atoms with E-state index in [2.05, 4.69) is 19.1 Å². The zero-order chi connectivity index (χ0) is 20.1. The maximum Gasteiger partial charge on any atom is 0.115 e. The van der Waals surface area contributed by atoms with Crippen LogP contribution in [0.3, 0.4) is 0 Å². The van der Waals surface area contributed by atoms with Crippen molar-refractivity contribution in [2.75, 3.05) is 13.2 Å². The van der Waals surface area contributed by atoms with E-state index in [-0.39, 0.29) is 0 Å². The Hall–Kier alpha value is -1.28. The summed E-state index contributed by atoms with van der Waals surface area (Å²) in [4.78, 5) is 0. The van der Waals surface area contributed by atoms with E-state index in [1.54, 1.807) is 12.1 Å². The van der Waals surface area contributed by atoms with Gasteiger partial charge in [-0.2, -0.15) is 0 Å². The zero-order valence-electron chi connectivity index (χ0n) is 18.3. The van der Waals surface area contributed by atoms with Crippen LogP contribution >= 0.6 is 0 Å². The molecule has 1 aromatic rings. The molecule has 0 saturated carbocycles. The number of hydrogen-bond acceptors (Lipinski definition) is 2. The van der Waals surface area contributed by atoms with Crippen molar-refractivity contribution >= 4 is 0 Å². The lowest BCUT2D eigenvalue weighted by Gasteiger charge is -2.05. The molecule has 0 spiro atoms. The van der Waals surface area contributed by atoms with Crippen LogP contribution in [0.1, 0.15) is 102 Å². The molecular weight excluding hydrogens is 344 g/mol. The van der Waals surface area contributed by atoms with Gasteiger partial charge in [-0.3, -0.25) is 0 Å². The summed E-state index contributed by atoms with van der Waals surface area (Å²) in [5.74, 6) is 0.328. The average molecular weight is 389 g/mol. The normalized spacial score (nSPS) is 11.5. The number of phenolic OH excluding ortho intramolecular Hbond substituents is 1. The van der Waals surface area contributed by atoms with Crippen molar-refractivity contribution < 1.29 is 9.84 Å². The van der Waals surface area contributed by atoms with Crippen LogP contribution in [0.15, 0.2) is 36.4 Å². The van der Waals surface area contributed by atoms with Crippen molar-refractivity contribution in [1.29, 1.82) is 0 Å². The standard InChI is InChI=1S/C26H44O2/c1-2-3-4-5-6-7-8-9-10-11-12-13-14-15-16-17-23-28-24-22-25-18-20-26(27)21-19-25/h9-10,18-21,27H,2-8,11-17,22-24H2,1H3. The summed E-state index contributed by atoms with van der Waals surface area (Å²) in [5, 5.41) is 9.26. The minimum atomic E-state index is 0.328. The molecule has 0 aliphatic carbocycles. The highest BCUT2D eigenvalue weighted by Crippen LogP contribution is 2.11. The summed E-state index contributed by atoms with van der Waals surface area (Å²) in [6, 6.07) is 7.40. The molecule has 0 bridgehead atoms. The van der Waals surface area contributed by atoms with Crippen molar-refractivity contribution in [2.24, 2.45) is 0 Å². The highest BCUT2D eigenvalue weighted by Gasteiger charge is 1.95. The number of unbranched alkanes of at least 4 members (excludes halogenated alkanes) is 12. The lowest BCUT2D eigenvalue weighted by molar-refractivity contribution is 0.133. The largest absolute Gasteiger partial charge is 0.508 e. The number of phenols is 1. The van der Waals surface area contributed by atoms with Crippen LogP contribution in [-0.4, -0.2) is 18.3 Å². The predicted molar refractivity (Wildman–Crippen MR) is 122 cm³/mol. The number of ether oxygens (including phenoxy) is 1. The van der Waals surface area contributed by atoms with E-state index in [0.29, 0.717) is 5.75 Å². The molecule has 0 aliphatic heterocycles. The van der Waals surface area contributed by atoms with Crippen molar-refractivity contribution in [3.05, 3.63) is 42.0 Å². The van der Waals surface area contributed by atoms with Gasteiger partial charge < -0.3 is 9.84 Å². The molecule has 2 nitrogen and oxygen atoms in total. The number of hydrogen-bond donors (Lipinski definition) is 1. The Morgan fingerprint density at radius 2 is 1.21 bits per heavy atom. The molecule has 0 fully saturated rings. The van der Waals surface area contributed by atoms with Gasteiger partial charge in [-0.05, 0) is 56.2 Å². The Bertz CT molecular complexity index is 464. The van der Waals surface area contributed by atoms with Gasteiger partial charge in [-0.15, -0.1) is 0 Å². The highest BCUT2D eigenvalue weighted by molar-refractivity contribution is 5.25. The molecular formula is C26H44O2. The number of benzene rings is 1. The van der Waals surface area contributed by atoms with Crippen LogP contribution in [0.25, 0.3) is 0 Å². The smallest absolute Gasteiger partial charge is 0.115 e. The first-order chi connectivity index (χ1) is 13.8. The molecule has 0 amide bonds. The molecule has 2 heteroatoms. The Morgan fingerprint density at radius 1 is 0.679 bits per heavy atom. The van der Waals surface area contributed by atoms with E-state index >= 15 is 0 Å². The molecule has 0 heterocycles. The summed E-state index contributed by atoms with van der Waals surface area (Å²) in [5.41, 5.74) is 1.22. The summed E-state index contributed by atoms with van der Waals surface area (Å²) in [7, 11) is 0. The van der Waals surface area contributed by atoms with Gasteiger partial charge in [0.2, 0.25) is 0 Å². The van der Waals surface area contributed by atoms with Crippen LogP contribution in [0, 0.1) is 0 Å². The van der Waals surface area contributed by atoms with Crippen LogP contribution in [0.4, 0.5) is 0 Å². The van der Waals surface area contributed by atoms with E-state index in [1.165, 1.54) is 95.5 Å². The van der Waals surface area contributed by atoms with E-state index in [4.69, 9.17) is 4.74 Å². The summed E-state index contributed by atoms with van der Waals surface area (Å²) in [6.45, 7) is 3.93. The number of rotatable bonds is 19. The molecule has 0 atom stereocenters. The van der Waals surface area contributed by atoms with E-state index in [1.807, 2.05) is 12.1 Å². The molecule has 160 valence electrons. The second-order valence-corrected chi connectivity index (χ2v) is 7.97. The number of aromatic hydroxyl groups is 1. The van der Waals surface area contributed by atoms with Gasteiger partial charge >= 0.3 is 0 Å². The number of allylic oxidation sites excluding steroid dienone is 2. The molecule has 28 heavy (non-hydrogen) atoms. The van der Waals surface area contributed by atoms with Crippen LogP contribution in [0.2, 0.25) is 0 Å². The maximum absolute atomic E-state index is 9.26. The van der Waals surface area contributed by atoms with Gasteiger partial charge in [-0.25, -0.2) is 0 Å². The van der Waals surface area contributed by atoms with Crippen molar-refractivity contribution in [3.8, 4) is 5.75 Å². The third-order valence-corrected chi connectivity index (χ3v) is 5.27. The quantitative estimate of drug-likeness (QED) is 0.192. The second-order valence-electron chi connectivity index (χ2n) is 7.97. The molecule has 0 radical (unpaired) electrons. The van der Waals surface area contributed by atoms with Crippen LogP contribution in [0.5, 0.6) is 5.75 Å². The lowest BCUT2D eigenvalue weighted by atomic mass is 10.1. The molecule has 0 aliphatic rings. The average Bonchev–Trinajstić information content (AvgIpc) is 2.71. The van der Waals surface area contributed by atoms with Gasteiger partial charge in [0.1, 0.15) is 5.75 Å². The second kappa shape index (κ2) is 19.1. The van der Waals surface area contributed by atoms with E-state index < -0.39 is 0 Å². The van der Waals surface area contributed by atoms with E-state index in [0.717, 1.165) is 19.6 Å². The van der Waals surface area contributed by atoms with Gasteiger partial charge in [0, 0.05) is 6.61 Å². The first kappa shape index (κ1) is 24.8. The van der Waals surface area contributed by atoms with Gasteiger partial charge in [0.25, 0.3) is 0 Å². The first-order valence-electron chi connectivity index (χ1n) is 11.8. The van der Waals surface area contributed by atoms with Crippen molar-refractivity contribution in [1.82, 2.24) is 0 Å². The Balaban J connectivity index is 1.75. The third kappa shape index (κ3) is 15.7. The van der Waals surface area contributed by atoms with Gasteiger partial charge in [0.05, 0.1) is 6.61 Å². The molecule has 1 N–H and O–H groups in total. The summed E-state index contributed by atoms with van der Waals surface area (Å²) < 4.78 is 5.72. The third-order valence-electron chi connectivity index (χ3n) is 5.27. The fourth-order valence-corrected chi connectivity index (χ4v) is 3.41. The van der Waals surface area contributed by atoms with Crippen LogP contribution in [-0.2, 0) is 11.2 Å². The SMILES string of the molecule is CCCCCCCCC=CCCCCCCCCOCCc1ccc(O)cc1. The van der Waals surface area contributed by atoms with Crippen molar-refractivity contribution in [3.63, 3.8) is 0 Å².